The Kier molecular flexibility index (Phi) is 6.83. The van der Waals surface area contributed by atoms with Gasteiger partial charge in [-0.25, -0.2) is 4.79 Å². The summed E-state index contributed by atoms with van der Waals surface area (Å²) in [5.41, 5.74) is 1.00. The van der Waals surface area contributed by atoms with E-state index in [4.69, 9.17) is 14.7 Å². The lowest BCUT2D eigenvalue weighted by Gasteiger charge is -2.11. The van der Waals surface area contributed by atoms with E-state index in [-0.39, 0.29) is 11.3 Å². The highest BCUT2D eigenvalue weighted by molar-refractivity contribution is 6.00. The van der Waals surface area contributed by atoms with E-state index in [1.807, 2.05) is 6.07 Å². The fourth-order valence-electron chi connectivity index (χ4n) is 2.09. The summed E-state index contributed by atoms with van der Waals surface area (Å²) in [6.07, 6.45) is 0. The Labute approximate surface area is 153 Å². The monoisotopic (exact) mass is 375 g/mol. The number of rotatable bonds is 8. The molecule has 2 aromatic carbocycles. The molecule has 0 fully saturated rings. The summed E-state index contributed by atoms with van der Waals surface area (Å²) < 4.78 is 39.2. The third-order valence-electron chi connectivity index (χ3n) is 3.36. The maximum Gasteiger partial charge on any atom is 0.387 e. The lowest BCUT2D eigenvalue weighted by atomic mass is 10.1. The number of hydrogen-bond acceptors (Lipinski definition) is 6. The Morgan fingerprint density at radius 1 is 1.11 bits per heavy atom. The summed E-state index contributed by atoms with van der Waals surface area (Å²) in [7, 11) is 0. The van der Waals surface area contributed by atoms with Crippen molar-refractivity contribution in [1.82, 2.24) is 0 Å². The third kappa shape index (κ3) is 6.08. The van der Waals surface area contributed by atoms with Crippen molar-refractivity contribution >= 4 is 11.8 Å². The van der Waals surface area contributed by atoms with Crippen molar-refractivity contribution in [3.8, 4) is 17.6 Å². The van der Waals surface area contributed by atoms with Gasteiger partial charge in [0, 0.05) is 0 Å². The normalized spacial score (nSPS) is 10.2. The first-order valence-electron chi connectivity index (χ1n) is 7.76. The van der Waals surface area contributed by atoms with Gasteiger partial charge in [-0.15, -0.1) is 0 Å². The number of nitrogens with zero attached hydrogens (tertiary/aromatic N) is 1. The minimum atomic E-state index is -3.08. The number of carbonyl (C=O) groups is 2. The second kappa shape index (κ2) is 9.29. The first-order valence-corrected chi connectivity index (χ1v) is 7.76. The van der Waals surface area contributed by atoms with Gasteiger partial charge >= 0.3 is 12.6 Å². The molecule has 2 rings (SSSR count). The molecule has 0 amide bonds. The summed E-state index contributed by atoms with van der Waals surface area (Å²) in [5.74, 6) is -1.42. The number of carbonyl (C=O) groups excluding carboxylic acids is 2. The Hall–Kier alpha value is -3.47. The molecule has 27 heavy (non-hydrogen) atoms. The van der Waals surface area contributed by atoms with Gasteiger partial charge in [-0.1, -0.05) is 11.6 Å². The largest absolute Gasteiger partial charge is 0.482 e. The van der Waals surface area contributed by atoms with Crippen molar-refractivity contribution in [2.75, 3.05) is 13.2 Å². The zero-order chi connectivity index (χ0) is 19.8. The van der Waals surface area contributed by atoms with E-state index in [0.717, 1.165) is 0 Å². The zero-order valence-corrected chi connectivity index (χ0v) is 14.3. The van der Waals surface area contributed by atoms with Gasteiger partial charge in [0.25, 0.3) is 0 Å². The zero-order valence-electron chi connectivity index (χ0n) is 14.3. The third-order valence-corrected chi connectivity index (χ3v) is 3.36. The van der Waals surface area contributed by atoms with Gasteiger partial charge in [-0.3, -0.25) is 4.79 Å². The summed E-state index contributed by atoms with van der Waals surface area (Å²) in [4.78, 5) is 23.9. The summed E-state index contributed by atoms with van der Waals surface area (Å²) in [5, 5.41) is 8.70. The topological polar surface area (TPSA) is 85.6 Å². The molecule has 0 aromatic heterocycles. The summed E-state index contributed by atoms with van der Waals surface area (Å²) >= 11 is 0. The van der Waals surface area contributed by atoms with Crippen molar-refractivity contribution in [3.05, 3.63) is 59.2 Å². The molecule has 0 N–H and O–H groups in total. The molecule has 0 atom stereocenters. The smallest absolute Gasteiger partial charge is 0.387 e. The molecule has 2 aromatic rings. The van der Waals surface area contributed by atoms with Crippen LogP contribution in [0.4, 0.5) is 8.78 Å². The summed E-state index contributed by atoms with van der Waals surface area (Å²) in [6.45, 7) is -2.49. The molecule has 0 aliphatic heterocycles. The number of halogens is 2. The first-order chi connectivity index (χ1) is 12.9. The fourth-order valence-corrected chi connectivity index (χ4v) is 2.09. The van der Waals surface area contributed by atoms with E-state index in [0.29, 0.717) is 16.9 Å². The highest BCUT2D eigenvalue weighted by Gasteiger charge is 2.18. The number of hydrogen-bond donors (Lipinski definition) is 0. The lowest BCUT2D eigenvalue weighted by Crippen LogP contribution is -2.20. The number of nitriles is 1. The molecule has 0 aliphatic carbocycles. The molecular formula is C19H15F2NO5. The number of esters is 1. The average Bonchev–Trinajstić information content (AvgIpc) is 2.65. The Bertz CT molecular complexity index is 859. The maximum absolute atomic E-state index is 12.4. The van der Waals surface area contributed by atoms with Crippen molar-refractivity contribution in [3.63, 3.8) is 0 Å². The van der Waals surface area contributed by atoms with Crippen LogP contribution in [0.1, 0.15) is 21.5 Å². The van der Waals surface area contributed by atoms with Crippen LogP contribution < -0.4 is 9.47 Å². The van der Waals surface area contributed by atoms with Crippen LogP contribution in [0.2, 0.25) is 0 Å². The van der Waals surface area contributed by atoms with E-state index < -0.39 is 31.6 Å². The van der Waals surface area contributed by atoms with Crippen LogP contribution in [0.5, 0.6) is 11.5 Å². The van der Waals surface area contributed by atoms with Crippen molar-refractivity contribution in [1.29, 1.82) is 5.26 Å². The maximum atomic E-state index is 12.4. The van der Waals surface area contributed by atoms with Crippen LogP contribution in [-0.2, 0) is 9.53 Å². The Balaban J connectivity index is 1.90. The molecular weight excluding hydrogens is 360 g/mol. The first kappa shape index (κ1) is 19.8. The minimum Gasteiger partial charge on any atom is -0.482 e. The minimum absolute atomic E-state index is 0.101. The van der Waals surface area contributed by atoms with Crippen molar-refractivity contribution < 1.29 is 32.6 Å². The molecule has 0 unspecified atom stereocenters. The average molecular weight is 375 g/mol. The van der Waals surface area contributed by atoms with Crippen molar-refractivity contribution in [2.24, 2.45) is 0 Å². The van der Waals surface area contributed by atoms with Gasteiger partial charge < -0.3 is 14.2 Å². The Morgan fingerprint density at radius 3 is 2.44 bits per heavy atom. The van der Waals surface area contributed by atoms with E-state index in [1.54, 1.807) is 6.92 Å². The van der Waals surface area contributed by atoms with E-state index in [2.05, 4.69) is 4.74 Å². The molecule has 6 nitrogen and oxygen atoms in total. The second-order valence-electron chi connectivity index (χ2n) is 5.39. The molecule has 0 saturated carbocycles. The van der Waals surface area contributed by atoms with Gasteiger partial charge in [-0.2, -0.15) is 14.0 Å². The van der Waals surface area contributed by atoms with Crippen LogP contribution in [0.25, 0.3) is 0 Å². The molecule has 0 heterocycles. The fraction of sp³-hybridized carbons (Fsp3) is 0.211. The van der Waals surface area contributed by atoms with E-state index in [1.165, 1.54) is 42.5 Å². The lowest BCUT2D eigenvalue weighted by molar-refractivity contribution is -0.144. The van der Waals surface area contributed by atoms with Gasteiger partial charge in [0.15, 0.2) is 13.2 Å². The quantitative estimate of drug-likeness (QED) is 0.520. The molecule has 8 heteroatoms. The highest BCUT2D eigenvalue weighted by atomic mass is 19.3. The van der Waals surface area contributed by atoms with Gasteiger partial charge in [0.2, 0.25) is 5.78 Å². The Morgan fingerprint density at radius 2 is 1.81 bits per heavy atom. The van der Waals surface area contributed by atoms with Crippen LogP contribution in [0.3, 0.4) is 0 Å². The molecule has 0 radical (unpaired) electrons. The van der Waals surface area contributed by atoms with Crippen LogP contribution >= 0.6 is 0 Å². The van der Waals surface area contributed by atoms with E-state index in [9.17, 15) is 18.4 Å². The highest BCUT2D eigenvalue weighted by Crippen LogP contribution is 2.22. The predicted molar refractivity (Wildman–Crippen MR) is 89.8 cm³/mol. The van der Waals surface area contributed by atoms with Crippen LogP contribution in [-0.4, -0.2) is 31.6 Å². The van der Waals surface area contributed by atoms with Crippen LogP contribution in [0, 0.1) is 18.3 Å². The van der Waals surface area contributed by atoms with Gasteiger partial charge in [0.1, 0.15) is 11.5 Å². The van der Waals surface area contributed by atoms with Crippen molar-refractivity contribution in [2.45, 2.75) is 13.5 Å². The predicted octanol–water partition coefficient (Wildman–Crippen LogP) is 3.27. The molecule has 0 bridgehead atoms. The van der Waals surface area contributed by atoms with E-state index >= 15 is 0 Å². The molecule has 0 aliphatic rings. The second-order valence-corrected chi connectivity index (χ2v) is 5.39. The number of ketones is 1. The number of aryl methyl sites for hydroxylation is 1. The summed E-state index contributed by atoms with van der Waals surface area (Å²) in [6, 6.07) is 12.2. The number of ether oxygens (including phenoxy) is 3. The van der Waals surface area contributed by atoms with Crippen LogP contribution in [0.15, 0.2) is 42.5 Å². The standard InChI is InChI=1S/C19H15F2NO5/c1-12-2-7-17(27-19(20)21)15(8-12)16(23)10-26-18(24)11-25-14-5-3-13(9-22)4-6-14/h2-8,19H,10-11H2,1H3. The number of benzene rings is 2. The molecule has 0 saturated heterocycles. The molecule has 140 valence electrons. The number of alkyl halides is 2. The number of Topliss-reactive ketones (excluding diaryl/α,β-unsaturated/α-hetero) is 1. The van der Waals surface area contributed by atoms with Gasteiger partial charge in [0.05, 0.1) is 17.2 Å². The SMILES string of the molecule is Cc1ccc(OC(F)F)c(C(=O)COC(=O)COc2ccc(C#N)cc2)c1. The molecule has 0 spiro atoms. The van der Waals surface area contributed by atoms with Gasteiger partial charge in [-0.05, 0) is 43.3 Å².